The Morgan fingerprint density at radius 2 is 1.41 bits per heavy atom. The van der Waals surface area contributed by atoms with Crippen molar-refractivity contribution in [2.75, 3.05) is 0 Å². The predicted octanol–water partition coefficient (Wildman–Crippen LogP) is 8.77. The molecule has 2 heterocycles. The van der Waals surface area contributed by atoms with E-state index in [1.54, 1.807) is 0 Å². The molecule has 3 aromatic carbocycles. The van der Waals surface area contributed by atoms with Gasteiger partial charge in [-0.25, -0.2) is 4.98 Å². The largest absolute Gasteiger partial charge is 0.456 e. The zero-order chi connectivity index (χ0) is 24.1. The molecule has 0 spiro atoms. The summed E-state index contributed by atoms with van der Waals surface area (Å²) in [5.41, 5.74) is 5.98. The number of aromatic nitrogens is 3. The summed E-state index contributed by atoms with van der Waals surface area (Å²) in [5, 5.41) is 2.33. The SMILES string of the molecule is CC.CC.Clc1nc(-c2ccc3c(c2)C=CCC3)nc(-c2ccc3c(c2)oc2ccccc23)n1. The Balaban J connectivity index is 0.000000652. The van der Waals surface area contributed by atoms with Crippen LogP contribution in [0.15, 0.2) is 71.2 Å². The number of hydrogen-bond donors (Lipinski definition) is 0. The molecule has 5 heteroatoms. The van der Waals surface area contributed by atoms with Gasteiger partial charge in [0.25, 0.3) is 0 Å². The molecule has 0 unspecified atom stereocenters. The maximum absolute atomic E-state index is 6.28. The molecule has 2 aromatic heterocycles. The number of rotatable bonds is 2. The van der Waals surface area contributed by atoms with Crippen LogP contribution in [0.3, 0.4) is 0 Å². The number of halogens is 1. The van der Waals surface area contributed by atoms with Crippen LogP contribution in [0, 0.1) is 0 Å². The van der Waals surface area contributed by atoms with E-state index in [0.29, 0.717) is 11.6 Å². The Kier molecular flexibility index (Phi) is 7.39. The Labute approximate surface area is 205 Å². The molecule has 5 aromatic rings. The number of furan rings is 1. The molecule has 0 aliphatic heterocycles. The van der Waals surface area contributed by atoms with Gasteiger partial charge in [-0.15, -0.1) is 0 Å². The minimum Gasteiger partial charge on any atom is -0.456 e. The van der Waals surface area contributed by atoms with Crippen molar-refractivity contribution >= 4 is 39.6 Å². The van der Waals surface area contributed by atoms with Crippen molar-refractivity contribution in [3.05, 3.63) is 83.2 Å². The molecule has 0 radical (unpaired) electrons. The first-order valence-electron chi connectivity index (χ1n) is 11.9. The first-order chi connectivity index (χ1) is 16.7. The van der Waals surface area contributed by atoms with E-state index in [-0.39, 0.29) is 5.28 Å². The summed E-state index contributed by atoms with van der Waals surface area (Å²) < 4.78 is 6.01. The Bertz CT molecular complexity index is 1470. The lowest BCUT2D eigenvalue weighted by Crippen LogP contribution is -1.99. The lowest BCUT2D eigenvalue weighted by Gasteiger charge is -2.12. The number of nitrogens with zero attached hydrogens (tertiary/aromatic N) is 3. The van der Waals surface area contributed by atoms with Crippen LogP contribution in [0.1, 0.15) is 45.2 Å². The number of para-hydroxylation sites is 1. The van der Waals surface area contributed by atoms with Gasteiger partial charge in [0.15, 0.2) is 11.6 Å². The smallest absolute Gasteiger partial charge is 0.226 e. The standard InChI is InChI=1S/C25H16ClN3O.2C2H6/c26-25-28-23(17-10-9-15-5-1-2-6-16(15)13-17)27-24(29-25)18-11-12-20-19-7-3-4-8-21(19)30-22(20)14-18;2*1-2/h2-4,6-14H,1,5H2;2*1-2H3. The summed E-state index contributed by atoms with van der Waals surface area (Å²) >= 11 is 6.28. The molecule has 1 aliphatic rings. The van der Waals surface area contributed by atoms with Gasteiger partial charge in [-0.05, 0) is 59.8 Å². The highest BCUT2D eigenvalue weighted by Gasteiger charge is 2.14. The van der Waals surface area contributed by atoms with Crippen LogP contribution in [-0.2, 0) is 6.42 Å². The van der Waals surface area contributed by atoms with Crippen molar-refractivity contribution in [3.8, 4) is 22.8 Å². The Hall–Kier alpha value is -3.50. The normalized spacial score (nSPS) is 11.9. The molecule has 0 saturated carbocycles. The lowest BCUT2D eigenvalue weighted by atomic mass is 9.95. The Morgan fingerprint density at radius 3 is 2.21 bits per heavy atom. The fourth-order valence-electron chi connectivity index (χ4n) is 4.04. The highest BCUT2D eigenvalue weighted by Crippen LogP contribution is 2.32. The van der Waals surface area contributed by atoms with E-state index in [1.165, 1.54) is 11.1 Å². The fourth-order valence-corrected chi connectivity index (χ4v) is 4.20. The van der Waals surface area contributed by atoms with Gasteiger partial charge in [0.1, 0.15) is 11.2 Å². The van der Waals surface area contributed by atoms with E-state index >= 15 is 0 Å². The molecular weight excluding hydrogens is 442 g/mol. The van der Waals surface area contributed by atoms with Crippen molar-refractivity contribution in [1.29, 1.82) is 0 Å². The van der Waals surface area contributed by atoms with Gasteiger partial charge in [0.2, 0.25) is 5.28 Å². The first kappa shape index (κ1) is 23.7. The number of hydrogen-bond acceptors (Lipinski definition) is 4. The predicted molar refractivity (Wildman–Crippen MR) is 143 cm³/mol. The van der Waals surface area contributed by atoms with Crippen LogP contribution >= 0.6 is 11.6 Å². The van der Waals surface area contributed by atoms with Crippen LogP contribution < -0.4 is 0 Å². The van der Waals surface area contributed by atoms with E-state index in [1.807, 2.05) is 64.1 Å². The molecule has 172 valence electrons. The molecule has 1 aliphatic carbocycles. The van der Waals surface area contributed by atoms with E-state index in [4.69, 9.17) is 21.0 Å². The molecule has 0 N–H and O–H groups in total. The van der Waals surface area contributed by atoms with E-state index in [2.05, 4.69) is 46.4 Å². The minimum atomic E-state index is 0.174. The van der Waals surface area contributed by atoms with Crippen LogP contribution in [-0.4, -0.2) is 15.0 Å². The lowest BCUT2D eigenvalue weighted by molar-refractivity contribution is 0.669. The molecule has 6 rings (SSSR count). The van der Waals surface area contributed by atoms with E-state index in [0.717, 1.165) is 45.9 Å². The third-order valence-electron chi connectivity index (χ3n) is 5.53. The fraction of sp³-hybridized carbons (Fsp3) is 0.207. The molecule has 0 fully saturated rings. The molecule has 34 heavy (non-hydrogen) atoms. The number of fused-ring (bicyclic) bond motifs is 4. The third-order valence-corrected chi connectivity index (χ3v) is 5.70. The van der Waals surface area contributed by atoms with Crippen LogP contribution in [0.5, 0.6) is 0 Å². The third kappa shape index (κ3) is 4.59. The summed E-state index contributed by atoms with van der Waals surface area (Å²) in [4.78, 5) is 13.4. The van der Waals surface area contributed by atoms with E-state index in [9.17, 15) is 0 Å². The zero-order valence-electron chi connectivity index (χ0n) is 20.0. The average Bonchev–Trinajstić information content (AvgIpc) is 3.28. The van der Waals surface area contributed by atoms with E-state index < -0.39 is 0 Å². The van der Waals surface area contributed by atoms with Gasteiger partial charge in [0.05, 0.1) is 0 Å². The average molecular weight is 470 g/mol. The summed E-state index contributed by atoms with van der Waals surface area (Å²) in [5.74, 6) is 1.09. The summed E-state index contributed by atoms with van der Waals surface area (Å²) in [6, 6.07) is 20.3. The quantitative estimate of drug-likeness (QED) is 0.259. The second-order valence-electron chi connectivity index (χ2n) is 7.42. The second-order valence-corrected chi connectivity index (χ2v) is 7.75. The van der Waals surface area contributed by atoms with Crippen LogP contribution in [0.2, 0.25) is 5.28 Å². The summed E-state index contributed by atoms with van der Waals surface area (Å²) in [7, 11) is 0. The van der Waals surface area contributed by atoms with Gasteiger partial charge in [-0.2, -0.15) is 9.97 Å². The molecule has 0 atom stereocenters. The van der Waals surface area contributed by atoms with Gasteiger partial charge in [-0.3, -0.25) is 0 Å². The van der Waals surface area contributed by atoms with Crippen molar-refractivity contribution in [2.24, 2.45) is 0 Å². The number of benzene rings is 3. The summed E-state index contributed by atoms with van der Waals surface area (Å²) in [6.07, 6.45) is 6.49. The highest BCUT2D eigenvalue weighted by molar-refractivity contribution is 6.28. The Morgan fingerprint density at radius 1 is 0.735 bits per heavy atom. The molecule has 4 nitrogen and oxygen atoms in total. The topological polar surface area (TPSA) is 51.8 Å². The summed E-state index contributed by atoms with van der Waals surface area (Å²) in [6.45, 7) is 8.00. The second kappa shape index (κ2) is 10.6. The monoisotopic (exact) mass is 469 g/mol. The van der Waals surface area contributed by atoms with Crippen molar-refractivity contribution in [2.45, 2.75) is 40.5 Å². The van der Waals surface area contributed by atoms with Gasteiger partial charge < -0.3 is 4.42 Å². The molecule has 0 amide bonds. The maximum Gasteiger partial charge on any atom is 0.226 e. The molecular formula is C29H28ClN3O. The maximum atomic E-state index is 6.28. The number of allylic oxidation sites excluding steroid dienone is 1. The minimum absolute atomic E-state index is 0.174. The van der Waals surface area contributed by atoms with Crippen LogP contribution in [0.4, 0.5) is 0 Å². The van der Waals surface area contributed by atoms with Crippen molar-refractivity contribution < 1.29 is 4.42 Å². The highest BCUT2D eigenvalue weighted by atomic mass is 35.5. The van der Waals surface area contributed by atoms with Crippen molar-refractivity contribution in [3.63, 3.8) is 0 Å². The van der Waals surface area contributed by atoms with Gasteiger partial charge >= 0.3 is 0 Å². The van der Waals surface area contributed by atoms with Gasteiger partial charge in [0, 0.05) is 21.9 Å². The molecule has 0 bridgehead atoms. The number of aryl methyl sites for hydroxylation is 1. The van der Waals surface area contributed by atoms with Crippen molar-refractivity contribution in [1.82, 2.24) is 15.0 Å². The first-order valence-corrected chi connectivity index (χ1v) is 12.3. The molecule has 0 saturated heterocycles. The van der Waals surface area contributed by atoms with Crippen LogP contribution in [0.25, 0.3) is 50.8 Å². The zero-order valence-corrected chi connectivity index (χ0v) is 20.7. The van der Waals surface area contributed by atoms with Gasteiger partial charge in [-0.1, -0.05) is 76.2 Å².